The average Bonchev–Trinajstić information content (AvgIpc) is 1.55. The minimum atomic E-state index is -3.33. The Morgan fingerprint density at radius 3 is 2.16 bits per heavy atom. The highest BCUT2D eigenvalue weighted by Gasteiger charge is 2.64. The van der Waals surface area contributed by atoms with Gasteiger partial charge in [0.2, 0.25) is 35.1 Å². The monoisotopic (exact) mass is 1330 g/mol. The summed E-state index contributed by atoms with van der Waals surface area (Å²) < 4.78 is 23.9. The number of hydrogen-bond acceptors (Lipinski definition) is 31. The molecular weight excluding hydrogens is 1250 g/mol. The quantitative estimate of drug-likeness (QED) is 0.0266. The number of carbonyl (C=O) groups is 9. The van der Waals surface area contributed by atoms with Crippen molar-refractivity contribution in [1.82, 2.24) is 51.5 Å². The number of aliphatic hydroxyl groups excluding tert-OH is 7. The third kappa shape index (κ3) is 16.6. The molecule has 91 heavy (non-hydrogen) atoms. The molecule has 3 aliphatic heterocycles. The van der Waals surface area contributed by atoms with Crippen LogP contribution in [0.4, 0.5) is 5.82 Å². The van der Waals surface area contributed by atoms with Gasteiger partial charge in [0.05, 0.1) is 66.6 Å². The second kappa shape index (κ2) is 30.8. The van der Waals surface area contributed by atoms with Gasteiger partial charge in [-0.15, -0.1) is 23.1 Å². The van der Waals surface area contributed by atoms with Gasteiger partial charge in [0.1, 0.15) is 88.5 Å². The highest BCUT2D eigenvalue weighted by atomic mass is 32.2. The van der Waals surface area contributed by atoms with Crippen molar-refractivity contribution < 1.29 is 103 Å². The van der Waals surface area contributed by atoms with Gasteiger partial charge in [-0.1, -0.05) is 6.92 Å². The number of rotatable bonds is 31. The van der Waals surface area contributed by atoms with Crippen molar-refractivity contribution in [3.05, 3.63) is 51.4 Å². The zero-order valence-corrected chi connectivity index (χ0v) is 51.0. The molecule has 3 aromatic heterocycles. The van der Waals surface area contributed by atoms with Crippen molar-refractivity contribution in [2.24, 2.45) is 39.6 Å². The number of thiazole rings is 1. The molecule has 0 bridgehead atoms. The zero-order chi connectivity index (χ0) is 67.7. The van der Waals surface area contributed by atoms with Crippen LogP contribution >= 0.6 is 23.1 Å². The maximum Gasteiger partial charge on any atom is 0.271 e. The Hall–Kier alpha value is -7.39. The molecule has 38 nitrogen and oxygen atoms in total. The Morgan fingerprint density at radius 1 is 0.901 bits per heavy atom. The summed E-state index contributed by atoms with van der Waals surface area (Å²) in [5.41, 5.74) is 26.7. The van der Waals surface area contributed by atoms with Crippen LogP contribution in [0.25, 0.3) is 0 Å². The first-order valence-corrected chi connectivity index (χ1v) is 29.7. The van der Waals surface area contributed by atoms with E-state index >= 15 is 4.79 Å². The summed E-state index contributed by atoms with van der Waals surface area (Å²) in [5.74, 6) is -11.5. The van der Waals surface area contributed by atoms with Crippen LogP contribution < -0.4 is 61.0 Å². The number of hydrogen-bond donors (Lipinski definition) is 20. The second-order valence-electron chi connectivity index (χ2n) is 21.8. The van der Waals surface area contributed by atoms with Crippen LogP contribution in [0.5, 0.6) is 0 Å². The Balaban J connectivity index is 1.33. The van der Waals surface area contributed by atoms with E-state index in [1.165, 1.54) is 49.2 Å². The first-order valence-electron chi connectivity index (χ1n) is 27.8. The first kappa shape index (κ1) is 72.7. The van der Waals surface area contributed by atoms with Crippen molar-refractivity contribution in [3.8, 4) is 0 Å². The lowest BCUT2D eigenvalue weighted by Gasteiger charge is -2.53. The first-order chi connectivity index (χ1) is 42.7. The van der Waals surface area contributed by atoms with Crippen molar-refractivity contribution in [1.29, 1.82) is 0 Å². The number of aromatic nitrogens is 5. The number of nitrogens with zero attached hydrogens (tertiary/aromatic N) is 5. The van der Waals surface area contributed by atoms with Gasteiger partial charge in [0.25, 0.3) is 17.7 Å². The topological polar surface area (TPSA) is 648 Å². The highest BCUT2D eigenvalue weighted by Crippen LogP contribution is 2.41. The summed E-state index contributed by atoms with van der Waals surface area (Å²) in [7, 11) is 0. The number of nitrogen functional groups attached to an aromatic ring is 1. The van der Waals surface area contributed by atoms with Crippen LogP contribution in [0.2, 0.25) is 0 Å². The van der Waals surface area contributed by atoms with E-state index in [9.17, 15) is 79.2 Å². The largest absolute Gasteiger partial charge is 0.394 e. The summed E-state index contributed by atoms with van der Waals surface area (Å²) in [5, 5.41) is 104. The predicted octanol–water partition coefficient (Wildman–Crippen LogP) is -9.34. The molecule has 0 aromatic carbocycles. The van der Waals surface area contributed by atoms with Crippen molar-refractivity contribution in [2.75, 3.05) is 37.8 Å². The van der Waals surface area contributed by atoms with Crippen LogP contribution in [-0.2, 0) is 52.5 Å². The molecule has 19 atom stereocenters. The number of H-pyrrole nitrogens is 1. The van der Waals surface area contributed by atoms with E-state index in [0.717, 1.165) is 26.4 Å². The van der Waals surface area contributed by atoms with Gasteiger partial charge in [-0.05, 0) is 27.7 Å². The minimum Gasteiger partial charge on any atom is -0.394 e. The second-order valence-corrected chi connectivity index (χ2v) is 23.8. The van der Waals surface area contributed by atoms with E-state index in [1.807, 2.05) is 0 Å². The molecule has 3 aromatic rings. The molecule has 26 N–H and O–H groups in total. The fourth-order valence-electron chi connectivity index (χ4n) is 9.64. The molecule has 40 heteroatoms. The van der Waals surface area contributed by atoms with Crippen LogP contribution in [0.15, 0.2) is 22.9 Å². The Morgan fingerprint density at radius 2 is 1.58 bits per heavy atom. The number of anilines is 1. The highest BCUT2D eigenvalue weighted by molar-refractivity contribution is 8.14. The maximum absolute atomic E-state index is 15.2. The number of aliphatic imine (C=N–C) groups is 1. The average molecular weight is 1330 g/mol. The number of amides is 8. The molecule has 2 fully saturated rings. The molecule has 0 saturated carbocycles. The smallest absolute Gasteiger partial charge is 0.271 e. The number of primary amides is 4. The van der Waals surface area contributed by atoms with Gasteiger partial charge in [-0.2, -0.15) is 0 Å². The molecule has 0 spiro atoms. The van der Waals surface area contributed by atoms with E-state index in [0.29, 0.717) is 15.8 Å². The summed E-state index contributed by atoms with van der Waals surface area (Å²) in [6.07, 6.45) is -20.2. The lowest BCUT2D eigenvalue weighted by atomic mass is 9.82. The van der Waals surface area contributed by atoms with Crippen LogP contribution in [0.1, 0.15) is 102 Å². The number of nitrogens with two attached hydrogens (primary N) is 6. The third-order valence-electron chi connectivity index (χ3n) is 15.2. The Labute approximate surface area is 524 Å². The fraction of sp³-hybridized carbons (Fsp3) is 0.608. The summed E-state index contributed by atoms with van der Waals surface area (Å²) in [6, 6.07) is -8.55. The Bertz CT molecular complexity index is 3190. The number of Topliss-reactive ketones (excluding diaryl/α,β-unsaturated/α-hetero) is 1. The number of imidazole rings is 1. The van der Waals surface area contributed by atoms with Crippen molar-refractivity contribution in [3.63, 3.8) is 0 Å². The fourth-order valence-corrected chi connectivity index (χ4v) is 11.6. The van der Waals surface area contributed by atoms with Crippen LogP contribution in [0, 0.1) is 12.8 Å². The van der Waals surface area contributed by atoms with Gasteiger partial charge in [0, 0.05) is 42.6 Å². The molecule has 2 saturated heterocycles. The van der Waals surface area contributed by atoms with E-state index in [-0.39, 0.29) is 54.1 Å². The maximum atomic E-state index is 15.2. The summed E-state index contributed by atoms with van der Waals surface area (Å²) in [4.78, 5) is 143. The number of carbonyl (C=O) groups excluding carboxylic acids is 9. The zero-order valence-electron chi connectivity index (χ0n) is 49.4. The van der Waals surface area contributed by atoms with E-state index in [4.69, 9.17) is 53.3 Å². The number of ketones is 1. The summed E-state index contributed by atoms with van der Waals surface area (Å²) in [6.45, 7) is 3.04. The third-order valence-corrected chi connectivity index (χ3v) is 17.3. The lowest BCUT2D eigenvalue weighted by Crippen LogP contribution is -2.75. The number of aromatic amines is 1. The standard InChI is InChI=1S/C51H75N17O21S2/c1-16-29(65-41(68-38(16)54)21(8-27(53)72)60-9-20(52)39(55)78)44(82)67-31(34(22-10-58-15-61-22)88-49-50(5,36(76)33(74)25(11-69)87-49)89-47-37(77)51(85,48(57)84)35(75)26(12-70)86-47)45(83)62-18(3)32(73)17(2)42(80)66-30(19(4)71)43(81)59-7-6-28-63-24(14-90-28)46-64-23(13-91-46)40(56)79/h10,13,15,17-18,20-21,24-26,30-37,47,49,60,69-70,73-77,85H,6-9,11-12,14,52H2,1-5H3,(H2,53,72)(H2,55,78)(H2,56,79)(H2,57,84)(H,58,61)(H,59,81)(H,62,83)(H,66,80)(H,67,82)(H2,54,65,68)/t17-,18+,20+,21-,24+,25+,26+,30+,31+,32+,33-,34+,35+,36+,37+,47+,49+,50+,51-/m1/s1. The minimum absolute atomic E-state index is 0.0330. The van der Waals surface area contributed by atoms with E-state index in [2.05, 4.69) is 56.5 Å². The SMILES string of the molecule is CC(=O)[C@H](NC(=O)[C@H](C)[C@H](O)[C@H](C)NC(=O)[C@@H](NC(=O)c1nc([C@@H](CC(N)=O)NC[C@H](N)C(N)=O)nc(N)c1C)[C@@H](O[C@@H]1O[C@@H](CO)[C@@H](O)[C@H](O)[C@]1(C)O[C@@H]1O[C@@H](CO)[C@H](O)[C@](O)(C(N)=O)[C@H]1O)c1cnc[nH]1)C(=O)NCCC1=N[C@H](c2nc(C(N)=O)cs2)CS1. The van der Waals surface area contributed by atoms with Crippen LogP contribution in [-0.4, -0.2) is 247 Å². The van der Waals surface area contributed by atoms with Crippen molar-refractivity contribution in [2.45, 2.75) is 156 Å². The van der Waals surface area contributed by atoms with Gasteiger partial charge < -0.3 is 126 Å². The summed E-state index contributed by atoms with van der Waals surface area (Å²) >= 11 is 2.60. The predicted molar refractivity (Wildman–Crippen MR) is 312 cm³/mol. The normalized spacial score (nSPS) is 27.5. The number of thioether (sulfide) groups is 1. The van der Waals surface area contributed by atoms with Crippen molar-refractivity contribution >= 4 is 87.0 Å². The van der Waals surface area contributed by atoms with Gasteiger partial charge in [0.15, 0.2) is 24.4 Å². The molecule has 0 radical (unpaired) electrons. The van der Waals surface area contributed by atoms with Gasteiger partial charge >= 0.3 is 0 Å². The number of nitrogens with one attached hydrogen (secondary N) is 6. The molecular formula is C51H75N17O21S2. The van der Waals surface area contributed by atoms with Gasteiger partial charge in [-0.25, -0.2) is 19.9 Å². The van der Waals surface area contributed by atoms with E-state index in [1.54, 1.807) is 0 Å². The molecule has 3 aliphatic rings. The lowest BCUT2D eigenvalue weighted by molar-refractivity contribution is -0.408. The molecule has 8 amide bonds. The number of ether oxygens (including phenoxy) is 4. The molecule has 0 aliphatic carbocycles. The van der Waals surface area contributed by atoms with E-state index < -0.39 is 187 Å². The molecule has 502 valence electrons. The van der Waals surface area contributed by atoms with Gasteiger partial charge in [-0.3, -0.25) is 48.1 Å². The Kier molecular flexibility index (Phi) is 24.6. The molecule has 6 heterocycles. The molecule has 6 rings (SSSR count). The van der Waals surface area contributed by atoms with Crippen LogP contribution in [0.3, 0.4) is 0 Å². The molecule has 0 unspecified atom stereocenters. The number of aliphatic hydroxyl groups is 8.